The minimum atomic E-state index is -0.905. The van der Waals surface area contributed by atoms with Gasteiger partial charge in [0.15, 0.2) is 0 Å². The molecule has 0 radical (unpaired) electrons. The van der Waals surface area contributed by atoms with Crippen LogP contribution in [0.1, 0.15) is 11.1 Å². The molecule has 0 saturated heterocycles. The number of benzene rings is 2. The maximum atomic E-state index is 13.5. The van der Waals surface area contributed by atoms with Crippen molar-refractivity contribution < 1.29 is 14.6 Å². The monoisotopic (exact) mass is 372 g/mol. The number of rotatable bonds is 5. The van der Waals surface area contributed by atoms with Crippen LogP contribution in [0, 0.1) is 5.82 Å². The molecule has 2 aromatic rings. The lowest BCUT2D eigenvalue weighted by molar-refractivity contribution is 0.116. The zero-order valence-corrected chi connectivity index (χ0v) is 13.5. The number of aliphatic hydroxyl groups excluding tert-OH is 2. The number of hydrogen-bond acceptors (Lipinski definition) is 2. The highest BCUT2D eigenvalue weighted by atomic mass is 79.9. The van der Waals surface area contributed by atoms with Gasteiger partial charge in [-0.2, -0.15) is 0 Å². The second-order valence-electron chi connectivity index (χ2n) is 5.06. The van der Waals surface area contributed by atoms with Gasteiger partial charge in [0.05, 0.1) is 13.2 Å². The Morgan fingerprint density at radius 2 is 1.81 bits per heavy atom. The van der Waals surface area contributed by atoms with E-state index >= 15 is 0 Å². The van der Waals surface area contributed by atoms with Crippen LogP contribution in [0.4, 0.5) is 4.39 Å². The van der Waals surface area contributed by atoms with E-state index in [0.29, 0.717) is 21.5 Å². The minimum absolute atomic E-state index is 0.266. The molecule has 0 fully saturated rings. The van der Waals surface area contributed by atoms with Crippen LogP contribution in [0.5, 0.6) is 0 Å². The van der Waals surface area contributed by atoms with Gasteiger partial charge in [-0.15, -0.1) is 0 Å². The number of aliphatic hydroxyl groups is 2. The summed E-state index contributed by atoms with van der Waals surface area (Å²) in [4.78, 5) is 0. The van der Waals surface area contributed by atoms with Crippen molar-refractivity contribution in [2.24, 2.45) is 0 Å². The molecule has 0 unspecified atom stereocenters. The van der Waals surface area contributed by atoms with Crippen molar-refractivity contribution >= 4 is 27.5 Å². The quantitative estimate of drug-likeness (QED) is 0.839. The van der Waals surface area contributed by atoms with Gasteiger partial charge < -0.3 is 10.2 Å². The Balaban J connectivity index is 2.42. The summed E-state index contributed by atoms with van der Waals surface area (Å²) in [6.45, 7) is -0.532. The first-order valence-electron chi connectivity index (χ1n) is 6.42. The largest absolute Gasteiger partial charge is 0.395 e. The Hall–Kier alpha value is -0.940. The molecule has 0 aliphatic rings. The van der Waals surface area contributed by atoms with Gasteiger partial charge in [-0.05, 0) is 47.9 Å². The molecule has 21 heavy (non-hydrogen) atoms. The predicted octanol–water partition coefficient (Wildman–Crippen LogP) is 3.71. The van der Waals surface area contributed by atoms with E-state index in [1.807, 2.05) is 0 Å². The third kappa shape index (κ3) is 3.83. The first kappa shape index (κ1) is 16.4. The molecule has 2 nitrogen and oxygen atoms in total. The summed E-state index contributed by atoms with van der Waals surface area (Å²) >= 11 is 9.23. The average Bonchev–Trinajstić information content (AvgIpc) is 2.44. The second-order valence-corrected chi connectivity index (χ2v) is 6.41. The highest BCUT2D eigenvalue weighted by Gasteiger charge is 2.31. The number of halogens is 3. The van der Waals surface area contributed by atoms with Gasteiger partial charge in [0.1, 0.15) is 5.82 Å². The van der Waals surface area contributed by atoms with Crippen LogP contribution in [0.2, 0.25) is 5.02 Å². The zero-order valence-electron chi connectivity index (χ0n) is 11.2. The van der Waals surface area contributed by atoms with Crippen LogP contribution >= 0.6 is 27.5 Å². The standard InChI is InChI=1S/C16H15BrClFO2/c17-13-4-11(5-15(19)7-13)8-16(9-20,10-21)12-2-1-3-14(18)6-12/h1-7,20-21H,8-10H2. The summed E-state index contributed by atoms with van der Waals surface area (Å²) in [6.07, 6.45) is 0.302. The van der Waals surface area contributed by atoms with Gasteiger partial charge in [-0.1, -0.05) is 39.7 Å². The van der Waals surface area contributed by atoms with E-state index in [-0.39, 0.29) is 19.0 Å². The van der Waals surface area contributed by atoms with Gasteiger partial charge >= 0.3 is 0 Å². The molecular weight excluding hydrogens is 359 g/mol. The summed E-state index contributed by atoms with van der Waals surface area (Å²) in [5.74, 6) is -0.366. The Kier molecular flexibility index (Phi) is 5.38. The Morgan fingerprint density at radius 3 is 2.38 bits per heavy atom. The molecular formula is C16H15BrClFO2. The van der Waals surface area contributed by atoms with Crippen LogP contribution in [-0.2, 0) is 11.8 Å². The lowest BCUT2D eigenvalue weighted by Crippen LogP contribution is -2.37. The fourth-order valence-corrected chi connectivity index (χ4v) is 3.07. The Labute approximate surface area is 136 Å². The van der Waals surface area contributed by atoms with Crippen molar-refractivity contribution in [2.75, 3.05) is 13.2 Å². The molecule has 0 saturated carbocycles. The molecule has 5 heteroatoms. The molecule has 0 aromatic heterocycles. The van der Waals surface area contributed by atoms with E-state index in [1.165, 1.54) is 12.1 Å². The lowest BCUT2D eigenvalue weighted by Gasteiger charge is -2.31. The van der Waals surface area contributed by atoms with Crippen molar-refractivity contribution in [3.05, 3.63) is 68.9 Å². The van der Waals surface area contributed by atoms with E-state index < -0.39 is 5.41 Å². The molecule has 2 N–H and O–H groups in total. The van der Waals surface area contributed by atoms with Crippen molar-refractivity contribution in [2.45, 2.75) is 11.8 Å². The van der Waals surface area contributed by atoms with E-state index in [0.717, 1.165) is 5.56 Å². The number of hydrogen-bond donors (Lipinski definition) is 2. The van der Waals surface area contributed by atoms with Crippen LogP contribution in [0.3, 0.4) is 0 Å². The SMILES string of the molecule is OCC(CO)(Cc1cc(F)cc(Br)c1)c1cccc(Cl)c1. The zero-order chi connectivity index (χ0) is 15.5. The molecule has 112 valence electrons. The fourth-order valence-electron chi connectivity index (χ4n) is 2.37. The highest BCUT2D eigenvalue weighted by Crippen LogP contribution is 2.31. The molecule has 0 heterocycles. The smallest absolute Gasteiger partial charge is 0.124 e. The van der Waals surface area contributed by atoms with Crippen LogP contribution in [-0.4, -0.2) is 23.4 Å². The van der Waals surface area contributed by atoms with Gasteiger partial charge in [0.2, 0.25) is 0 Å². The van der Waals surface area contributed by atoms with Crippen molar-refractivity contribution in [1.29, 1.82) is 0 Å². The van der Waals surface area contributed by atoms with Gasteiger partial charge in [-0.25, -0.2) is 4.39 Å². The summed E-state index contributed by atoms with van der Waals surface area (Å²) in [7, 11) is 0. The molecule has 0 aliphatic heterocycles. The average molecular weight is 374 g/mol. The lowest BCUT2D eigenvalue weighted by atomic mass is 9.77. The van der Waals surface area contributed by atoms with Crippen LogP contribution in [0.25, 0.3) is 0 Å². The Morgan fingerprint density at radius 1 is 1.10 bits per heavy atom. The summed E-state index contributed by atoms with van der Waals surface area (Å²) in [6, 6.07) is 11.5. The molecule has 0 atom stereocenters. The molecule has 2 aromatic carbocycles. The topological polar surface area (TPSA) is 40.5 Å². The van der Waals surface area contributed by atoms with E-state index in [2.05, 4.69) is 15.9 Å². The molecule has 0 amide bonds. The summed E-state index contributed by atoms with van der Waals surface area (Å²) < 4.78 is 14.1. The van der Waals surface area contributed by atoms with Gasteiger partial charge in [0.25, 0.3) is 0 Å². The van der Waals surface area contributed by atoms with Crippen molar-refractivity contribution in [1.82, 2.24) is 0 Å². The minimum Gasteiger partial charge on any atom is -0.395 e. The molecule has 0 spiro atoms. The van der Waals surface area contributed by atoms with Crippen LogP contribution in [0.15, 0.2) is 46.9 Å². The third-order valence-corrected chi connectivity index (χ3v) is 4.20. The van der Waals surface area contributed by atoms with E-state index in [1.54, 1.807) is 30.3 Å². The van der Waals surface area contributed by atoms with Gasteiger partial charge in [-0.3, -0.25) is 0 Å². The first-order valence-corrected chi connectivity index (χ1v) is 7.59. The van der Waals surface area contributed by atoms with Crippen LogP contribution < -0.4 is 0 Å². The van der Waals surface area contributed by atoms with E-state index in [4.69, 9.17) is 11.6 Å². The van der Waals surface area contributed by atoms with Crippen molar-refractivity contribution in [3.63, 3.8) is 0 Å². The first-order chi connectivity index (χ1) is 9.99. The summed E-state index contributed by atoms with van der Waals surface area (Å²) in [5.41, 5.74) is 0.503. The summed E-state index contributed by atoms with van der Waals surface area (Å²) in [5, 5.41) is 20.2. The molecule has 2 rings (SSSR count). The highest BCUT2D eigenvalue weighted by molar-refractivity contribution is 9.10. The Bertz CT molecular complexity index is 609. The predicted molar refractivity (Wildman–Crippen MR) is 85.1 cm³/mol. The molecule has 0 aliphatic carbocycles. The van der Waals surface area contributed by atoms with Gasteiger partial charge in [0, 0.05) is 14.9 Å². The van der Waals surface area contributed by atoms with E-state index in [9.17, 15) is 14.6 Å². The maximum absolute atomic E-state index is 13.5. The second kappa shape index (κ2) is 6.88. The fraction of sp³-hybridized carbons (Fsp3) is 0.250. The normalized spacial score (nSPS) is 11.7. The maximum Gasteiger partial charge on any atom is 0.124 e. The van der Waals surface area contributed by atoms with Crippen molar-refractivity contribution in [3.8, 4) is 0 Å². The third-order valence-electron chi connectivity index (χ3n) is 3.51. The molecule has 0 bridgehead atoms.